The van der Waals surface area contributed by atoms with E-state index in [-0.39, 0.29) is 17.6 Å². The first-order valence-corrected chi connectivity index (χ1v) is 9.67. The first-order valence-electron chi connectivity index (χ1n) is 9.67. The first-order chi connectivity index (χ1) is 13.3. The molecule has 2 aromatic rings. The predicted octanol–water partition coefficient (Wildman–Crippen LogP) is 4.75. The van der Waals surface area contributed by atoms with Crippen LogP contribution in [0.3, 0.4) is 0 Å². The van der Waals surface area contributed by atoms with Gasteiger partial charge in [-0.3, -0.25) is 10.1 Å². The van der Waals surface area contributed by atoms with Crippen molar-refractivity contribution in [3.8, 4) is 11.5 Å². The second-order valence-electron chi connectivity index (χ2n) is 8.05. The van der Waals surface area contributed by atoms with Crippen molar-refractivity contribution in [2.75, 3.05) is 5.32 Å². The number of carbonyl (C=O) groups is 2. The molecule has 28 heavy (non-hydrogen) atoms. The van der Waals surface area contributed by atoms with Gasteiger partial charge in [0.2, 0.25) is 5.89 Å². The monoisotopic (exact) mass is 385 g/mol. The fourth-order valence-corrected chi connectivity index (χ4v) is 3.13. The molecule has 0 spiro atoms. The number of nitrogens with zero attached hydrogens (tertiary/aromatic N) is 1. The molecule has 1 aliphatic rings. The van der Waals surface area contributed by atoms with Gasteiger partial charge in [-0.05, 0) is 57.9 Å². The second kappa shape index (κ2) is 8.46. The van der Waals surface area contributed by atoms with E-state index in [2.05, 4.69) is 15.6 Å². The fraction of sp³-hybridized carbons (Fsp3) is 0.476. The molecule has 2 N–H and O–H groups in total. The highest BCUT2D eigenvalue weighted by molar-refractivity contribution is 5.92. The van der Waals surface area contributed by atoms with Crippen LogP contribution in [0, 0.1) is 0 Å². The molecule has 1 aromatic carbocycles. The predicted molar refractivity (Wildman–Crippen MR) is 106 cm³/mol. The summed E-state index contributed by atoms with van der Waals surface area (Å²) in [7, 11) is 0. The lowest BCUT2D eigenvalue weighted by Crippen LogP contribution is -2.36. The summed E-state index contributed by atoms with van der Waals surface area (Å²) in [5.74, 6) is 0.155. The van der Waals surface area contributed by atoms with Crippen LogP contribution in [0.1, 0.15) is 63.4 Å². The number of aromatic nitrogens is 1. The summed E-state index contributed by atoms with van der Waals surface area (Å²) in [6.45, 7) is 5.42. The van der Waals surface area contributed by atoms with E-state index in [1.165, 1.54) is 12.7 Å². The van der Waals surface area contributed by atoms with Crippen LogP contribution in [0.5, 0.6) is 0 Å². The maximum Gasteiger partial charge on any atom is 0.412 e. The van der Waals surface area contributed by atoms with Crippen LogP contribution in [0.4, 0.5) is 10.5 Å². The number of amides is 2. The van der Waals surface area contributed by atoms with E-state index in [1.54, 1.807) is 45.0 Å². The van der Waals surface area contributed by atoms with E-state index < -0.39 is 11.7 Å². The molecule has 2 amide bonds. The molecule has 0 unspecified atom stereocenters. The molecule has 0 aliphatic heterocycles. The molecule has 7 heteroatoms. The SMILES string of the molecule is CC(C)(C)OC(=O)Nc1ccc(-c2nc(C(=O)NC3CCCCC3)co2)cc1. The summed E-state index contributed by atoms with van der Waals surface area (Å²) < 4.78 is 10.7. The number of hydrogen-bond donors (Lipinski definition) is 2. The summed E-state index contributed by atoms with van der Waals surface area (Å²) in [5.41, 5.74) is 1.03. The van der Waals surface area contributed by atoms with Crippen LogP contribution in [0.25, 0.3) is 11.5 Å². The average Bonchev–Trinajstić information content (AvgIpc) is 3.12. The second-order valence-corrected chi connectivity index (χ2v) is 8.05. The van der Waals surface area contributed by atoms with Gasteiger partial charge in [-0.15, -0.1) is 0 Å². The van der Waals surface area contributed by atoms with Crippen LogP contribution in [0.2, 0.25) is 0 Å². The van der Waals surface area contributed by atoms with Crippen molar-refractivity contribution in [2.45, 2.75) is 64.5 Å². The number of rotatable bonds is 4. The topological polar surface area (TPSA) is 93.5 Å². The zero-order valence-electron chi connectivity index (χ0n) is 16.6. The van der Waals surface area contributed by atoms with Crippen LogP contribution < -0.4 is 10.6 Å². The minimum Gasteiger partial charge on any atom is -0.444 e. The summed E-state index contributed by atoms with van der Waals surface area (Å²) in [6.07, 6.45) is 6.43. The van der Waals surface area contributed by atoms with Gasteiger partial charge in [0.05, 0.1) is 0 Å². The lowest BCUT2D eigenvalue weighted by molar-refractivity contribution is 0.0635. The zero-order valence-corrected chi connectivity index (χ0v) is 16.6. The Hall–Kier alpha value is -2.83. The highest BCUT2D eigenvalue weighted by atomic mass is 16.6. The standard InChI is InChI=1S/C21H27N3O4/c1-21(2,3)28-20(26)23-16-11-9-14(10-12-16)19-24-17(13-27-19)18(25)22-15-7-5-4-6-8-15/h9-13,15H,4-8H2,1-3H3,(H,22,25)(H,23,26). The highest BCUT2D eigenvalue weighted by Crippen LogP contribution is 2.22. The lowest BCUT2D eigenvalue weighted by Gasteiger charge is -2.22. The maximum atomic E-state index is 12.4. The van der Waals surface area contributed by atoms with Gasteiger partial charge in [0.1, 0.15) is 11.9 Å². The summed E-state index contributed by atoms with van der Waals surface area (Å²) in [4.78, 5) is 28.5. The van der Waals surface area contributed by atoms with Crippen molar-refractivity contribution in [3.63, 3.8) is 0 Å². The van der Waals surface area contributed by atoms with Gasteiger partial charge in [-0.25, -0.2) is 9.78 Å². The number of benzene rings is 1. The summed E-state index contributed by atoms with van der Waals surface area (Å²) >= 11 is 0. The van der Waals surface area contributed by atoms with Gasteiger partial charge < -0.3 is 14.5 Å². The molecule has 1 saturated carbocycles. The minimum atomic E-state index is -0.559. The van der Waals surface area contributed by atoms with Crippen molar-refractivity contribution < 1.29 is 18.7 Å². The molecule has 1 aliphatic carbocycles. The Labute approximate surface area is 164 Å². The maximum absolute atomic E-state index is 12.4. The van der Waals surface area contributed by atoms with E-state index in [1.807, 2.05) is 0 Å². The Bertz CT molecular complexity index is 815. The van der Waals surface area contributed by atoms with Crippen molar-refractivity contribution in [1.29, 1.82) is 0 Å². The largest absolute Gasteiger partial charge is 0.444 e. The van der Waals surface area contributed by atoms with Crippen molar-refractivity contribution >= 4 is 17.7 Å². The Morgan fingerprint density at radius 2 is 1.79 bits per heavy atom. The van der Waals surface area contributed by atoms with Crippen LogP contribution >= 0.6 is 0 Å². The van der Waals surface area contributed by atoms with Crippen molar-refractivity contribution in [2.24, 2.45) is 0 Å². The molecule has 0 bridgehead atoms. The van der Waals surface area contributed by atoms with Gasteiger partial charge in [-0.1, -0.05) is 19.3 Å². The Kier molecular flexibility index (Phi) is 6.02. The van der Waals surface area contributed by atoms with Gasteiger partial charge in [-0.2, -0.15) is 0 Å². The molecule has 0 saturated heterocycles. The molecular formula is C21H27N3O4. The van der Waals surface area contributed by atoms with Crippen molar-refractivity contribution in [1.82, 2.24) is 10.3 Å². The van der Waals surface area contributed by atoms with E-state index in [4.69, 9.17) is 9.15 Å². The van der Waals surface area contributed by atoms with Gasteiger partial charge >= 0.3 is 6.09 Å². The van der Waals surface area contributed by atoms with E-state index >= 15 is 0 Å². The normalized spacial score (nSPS) is 15.1. The Morgan fingerprint density at radius 1 is 1.11 bits per heavy atom. The number of nitrogens with one attached hydrogen (secondary N) is 2. The number of oxazole rings is 1. The number of ether oxygens (including phenoxy) is 1. The van der Waals surface area contributed by atoms with E-state index in [0.29, 0.717) is 17.1 Å². The highest BCUT2D eigenvalue weighted by Gasteiger charge is 2.20. The molecule has 3 rings (SSSR count). The first kappa shape index (κ1) is 19.9. The fourth-order valence-electron chi connectivity index (χ4n) is 3.13. The molecule has 150 valence electrons. The van der Waals surface area contributed by atoms with Gasteiger partial charge in [0.25, 0.3) is 5.91 Å². The lowest BCUT2D eigenvalue weighted by atomic mass is 9.95. The zero-order chi connectivity index (χ0) is 20.1. The quantitative estimate of drug-likeness (QED) is 0.792. The Balaban J connectivity index is 1.60. The van der Waals surface area contributed by atoms with Crippen LogP contribution in [-0.2, 0) is 4.74 Å². The molecule has 1 heterocycles. The minimum absolute atomic E-state index is 0.204. The van der Waals surface area contributed by atoms with Gasteiger partial charge in [0, 0.05) is 17.3 Å². The number of hydrogen-bond acceptors (Lipinski definition) is 5. The average molecular weight is 385 g/mol. The summed E-state index contributed by atoms with van der Waals surface area (Å²) in [5, 5.41) is 5.70. The third kappa shape index (κ3) is 5.58. The van der Waals surface area contributed by atoms with E-state index in [0.717, 1.165) is 25.7 Å². The molecule has 1 fully saturated rings. The number of anilines is 1. The van der Waals surface area contributed by atoms with E-state index in [9.17, 15) is 9.59 Å². The summed E-state index contributed by atoms with van der Waals surface area (Å²) in [6, 6.07) is 7.21. The molecular weight excluding hydrogens is 358 g/mol. The molecule has 1 aromatic heterocycles. The Morgan fingerprint density at radius 3 is 2.43 bits per heavy atom. The molecule has 0 atom stereocenters. The third-order valence-corrected chi connectivity index (χ3v) is 4.45. The van der Waals surface area contributed by atoms with Gasteiger partial charge in [0.15, 0.2) is 5.69 Å². The smallest absolute Gasteiger partial charge is 0.412 e. The van der Waals surface area contributed by atoms with Crippen molar-refractivity contribution in [3.05, 3.63) is 36.2 Å². The third-order valence-electron chi connectivity index (χ3n) is 4.45. The van der Waals surface area contributed by atoms with Crippen LogP contribution in [0.15, 0.2) is 34.9 Å². The molecule has 0 radical (unpaired) electrons. The number of carbonyl (C=O) groups excluding carboxylic acids is 2. The molecule has 7 nitrogen and oxygen atoms in total. The van der Waals surface area contributed by atoms with Crippen LogP contribution in [-0.4, -0.2) is 28.6 Å².